The van der Waals surface area contributed by atoms with Gasteiger partial charge < -0.3 is 29.8 Å². The van der Waals surface area contributed by atoms with Crippen LogP contribution in [-0.4, -0.2) is 91.6 Å². The van der Waals surface area contributed by atoms with Crippen molar-refractivity contribution in [1.29, 1.82) is 0 Å². The monoisotopic (exact) mass is 576 g/mol. The summed E-state index contributed by atoms with van der Waals surface area (Å²) >= 11 is 0. The van der Waals surface area contributed by atoms with Gasteiger partial charge in [0.05, 0.1) is 0 Å². The molecule has 2 N–H and O–H groups in total. The lowest BCUT2D eigenvalue weighted by atomic mass is 9.81. The van der Waals surface area contributed by atoms with E-state index >= 15 is 0 Å². The van der Waals surface area contributed by atoms with Gasteiger partial charge in [0.25, 0.3) is 11.8 Å². The van der Waals surface area contributed by atoms with Crippen molar-refractivity contribution in [2.24, 2.45) is 11.8 Å². The predicted molar refractivity (Wildman–Crippen MR) is 161 cm³/mol. The fraction of sp³-hybridized carbons (Fsp3) is 0.452. The van der Waals surface area contributed by atoms with Gasteiger partial charge in [-0.1, -0.05) is 6.07 Å². The minimum absolute atomic E-state index is 0.0751. The first kappa shape index (κ1) is 30.7. The minimum atomic E-state index is -0.575. The lowest BCUT2D eigenvalue weighted by molar-refractivity contribution is -0.135. The van der Waals surface area contributed by atoms with Gasteiger partial charge in [-0.15, -0.1) is 0 Å². The molecule has 11 heteroatoms. The zero-order valence-electron chi connectivity index (χ0n) is 25.2. The molecule has 224 valence electrons. The maximum atomic E-state index is 13.5. The zero-order chi connectivity index (χ0) is 30.6. The third kappa shape index (κ3) is 7.14. The second kappa shape index (κ2) is 13.2. The number of aromatic nitrogens is 1. The summed E-state index contributed by atoms with van der Waals surface area (Å²) in [5.74, 6) is -1.10. The van der Waals surface area contributed by atoms with Crippen LogP contribution in [0.1, 0.15) is 52.2 Å². The maximum absolute atomic E-state index is 13.5. The number of likely N-dealkylation sites (N-methyl/N-ethyl adjacent to an activating group) is 2. The summed E-state index contributed by atoms with van der Waals surface area (Å²) in [6.07, 6.45) is 3.98. The lowest BCUT2D eigenvalue weighted by Crippen LogP contribution is -2.35. The molecule has 0 radical (unpaired) electrons. The zero-order valence-corrected chi connectivity index (χ0v) is 25.2. The molecule has 1 fully saturated rings. The van der Waals surface area contributed by atoms with Crippen LogP contribution in [0.3, 0.4) is 0 Å². The van der Waals surface area contributed by atoms with Crippen molar-refractivity contribution in [3.8, 4) is 0 Å². The molecule has 0 atom stereocenters. The highest BCUT2D eigenvalue weighted by molar-refractivity contribution is 6.15. The topological polar surface area (TPSA) is 128 Å². The van der Waals surface area contributed by atoms with E-state index in [1.54, 1.807) is 61.4 Å². The summed E-state index contributed by atoms with van der Waals surface area (Å²) in [7, 11) is 9.09. The Labute approximate surface area is 246 Å². The molecule has 0 saturated heterocycles. The van der Waals surface area contributed by atoms with Crippen molar-refractivity contribution in [2.75, 3.05) is 59.0 Å². The first-order valence-electron chi connectivity index (χ1n) is 14.2. The van der Waals surface area contributed by atoms with E-state index in [0.29, 0.717) is 61.1 Å². The van der Waals surface area contributed by atoms with Crippen molar-refractivity contribution >= 4 is 46.1 Å². The van der Waals surface area contributed by atoms with Crippen molar-refractivity contribution < 1.29 is 23.6 Å². The molecule has 0 aliphatic heterocycles. The Morgan fingerprint density at radius 2 is 1.60 bits per heavy atom. The fourth-order valence-corrected chi connectivity index (χ4v) is 5.09. The molecule has 1 aliphatic carbocycles. The summed E-state index contributed by atoms with van der Waals surface area (Å²) in [6.45, 7) is 3.14. The van der Waals surface area contributed by atoms with E-state index < -0.39 is 5.91 Å². The van der Waals surface area contributed by atoms with Crippen LogP contribution in [0.4, 0.5) is 11.5 Å². The second-order valence-corrected chi connectivity index (χ2v) is 11.5. The number of anilines is 2. The third-order valence-electron chi connectivity index (χ3n) is 7.66. The molecule has 42 heavy (non-hydrogen) atoms. The molecule has 3 aromatic rings. The molecule has 1 aliphatic rings. The molecule has 2 heterocycles. The number of rotatable bonds is 9. The summed E-state index contributed by atoms with van der Waals surface area (Å²) < 4.78 is 5.96. The molecule has 4 rings (SSSR count). The van der Waals surface area contributed by atoms with Gasteiger partial charge in [0, 0.05) is 63.2 Å². The molecule has 1 saturated carbocycles. The predicted octanol–water partition coefficient (Wildman–Crippen LogP) is 3.86. The molecular formula is C31H40N6O5. The van der Waals surface area contributed by atoms with Gasteiger partial charge in [0.15, 0.2) is 0 Å². The first-order chi connectivity index (χ1) is 19.9. The van der Waals surface area contributed by atoms with E-state index in [1.807, 2.05) is 32.0 Å². The molecule has 2 aromatic heterocycles. The van der Waals surface area contributed by atoms with Crippen molar-refractivity contribution in [3.63, 3.8) is 0 Å². The second-order valence-electron chi connectivity index (χ2n) is 11.5. The number of carbonyl (C=O) groups is 4. The number of nitrogens with zero attached hydrogens (tertiary/aromatic N) is 4. The highest BCUT2D eigenvalue weighted by atomic mass is 16.3. The molecule has 11 nitrogen and oxygen atoms in total. The molecule has 4 amide bonds. The smallest absolute Gasteiger partial charge is 0.294 e. The quantitative estimate of drug-likeness (QED) is 0.396. The van der Waals surface area contributed by atoms with Crippen LogP contribution in [0, 0.1) is 18.8 Å². The Morgan fingerprint density at radius 1 is 0.905 bits per heavy atom. The highest BCUT2D eigenvalue weighted by Gasteiger charge is 2.32. The standard InChI is InChI=1S/C31H40N6O5/c1-19-7-14-25(32-18-19)33-29(39)27-26(34-28(38)20-8-10-21(11-9-20)30(40)36(4)5)23-17-22(12-13-24(23)42-27)31(41)37(6)16-15-35(2)3/h7,12-14,17-18,20-21H,8-11,15-16H2,1-6H3,(H,34,38)(H,32,33,39)/t20-,21-. The van der Waals surface area contributed by atoms with Gasteiger partial charge in [-0.2, -0.15) is 0 Å². The van der Waals surface area contributed by atoms with E-state index in [4.69, 9.17) is 4.42 Å². The van der Waals surface area contributed by atoms with Crippen LogP contribution in [-0.2, 0) is 9.59 Å². The number of hydrogen-bond donors (Lipinski definition) is 2. The fourth-order valence-electron chi connectivity index (χ4n) is 5.09. The molecule has 0 spiro atoms. The number of fused-ring (bicyclic) bond motifs is 1. The number of hydrogen-bond acceptors (Lipinski definition) is 7. The van der Waals surface area contributed by atoms with Crippen LogP contribution in [0.25, 0.3) is 11.0 Å². The van der Waals surface area contributed by atoms with Crippen molar-refractivity contribution in [1.82, 2.24) is 19.7 Å². The normalized spacial score (nSPS) is 16.7. The maximum Gasteiger partial charge on any atom is 0.294 e. The van der Waals surface area contributed by atoms with Gasteiger partial charge in [0.1, 0.15) is 17.1 Å². The number of aryl methyl sites for hydroxylation is 1. The number of pyridine rings is 1. The largest absolute Gasteiger partial charge is 0.449 e. The van der Waals surface area contributed by atoms with Crippen LogP contribution < -0.4 is 10.6 Å². The lowest BCUT2D eigenvalue weighted by Gasteiger charge is -2.28. The van der Waals surface area contributed by atoms with E-state index in [1.165, 1.54) is 0 Å². The van der Waals surface area contributed by atoms with Crippen LogP contribution >= 0.6 is 0 Å². The number of benzene rings is 1. The van der Waals surface area contributed by atoms with E-state index in [0.717, 1.165) is 5.56 Å². The van der Waals surface area contributed by atoms with Gasteiger partial charge in [-0.3, -0.25) is 19.2 Å². The van der Waals surface area contributed by atoms with Gasteiger partial charge in [-0.05, 0) is 76.5 Å². The molecule has 1 aromatic carbocycles. The minimum Gasteiger partial charge on any atom is -0.449 e. The van der Waals surface area contributed by atoms with Crippen molar-refractivity contribution in [2.45, 2.75) is 32.6 Å². The Balaban J connectivity index is 1.63. The van der Waals surface area contributed by atoms with E-state index in [-0.39, 0.29) is 41.0 Å². The van der Waals surface area contributed by atoms with E-state index in [9.17, 15) is 19.2 Å². The first-order valence-corrected chi connectivity index (χ1v) is 14.2. The summed E-state index contributed by atoms with van der Waals surface area (Å²) in [6, 6.07) is 8.44. The Hall–Kier alpha value is -4.25. The number of furan rings is 1. The Kier molecular flexibility index (Phi) is 9.62. The SMILES string of the molecule is Cc1ccc(NC(=O)c2oc3ccc(C(=O)N(C)CCN(C)C)cc3c2NC(=O)[C@H]2CC[C@H](C(=O)N(C)C)CC2)nc1. The van der Waals surface area contributed by atoms with Crippen LogP contribution in [0.5, 0.6) is 0 Å². The molecular weight excluding hydrogens is 536 g/mol. The summed E-state index contributed by atoms with van der Waals surface area (Å²) in [4.78, 5) is 61.9. The van der Waals surface area contributed by atoms with Crippen molar-refractivity contribution in [3.05, 3.63) is 53.4 Å². The van der Waals surface area contributed by atoms with Crippen LogP contribution in [0.15, 0.2) is 40.9 Å². The third-order valence-corrected chi connectivity index (χ3v) is 7.66. The highest BCUT2D eigenvalue weighted by Crippen LogP contribution is 2.35. The molecule has 0 unspecified atom stereocenters. The van der Waals surface area contributed by atoms with Gasteiger partial charge in [-0.25, -0.2) is 4.98 Å². The molecule has 0 bridgehead atoms. The number of carbonyl (C=O) groups excluding carboxylic acids is 4. The average Bonchev–Trinajstić information content (AvgIpc) is 3.33. The Bertz CT molecular complexity index is 1450. The van der Waals surface area contributed by atoms with E-state index in [2.05, 4.69) is 15.6 Å². The van der Waals surface area contributed by atoms with Gasteiger partial charge >= 0.3 is 0 Å². The number of nitrogens with one attached hydrogen (secondary N) is 2. The number of amides is 4. The summed E-state index contributed by atoms with van der Waals surface area (Å²) in [5.41, 5.74) is 1.92. The Morgan fingerprint density at radius 3 is 2.21 bits per heavy atom. The van der Waals surface area contributed by atoms with Gasteiger partial charge in [0.2, 0.25) is 17.6 Å². The summed E-state index contributed by atoms with van der Waals surface area (Å²) in [5, 5.41) is 6.13. The average molecular weight is 577 g/mol. The van der Waals surface area contributed by atoms with Crippen LogP contribution in [0.2, 0.25) is 0 Å².